The van der Waals surface area contributed by atoms with Gasteiger partial charge in [0.1, 0.15) is 5.82 Å². The van der Waals surface area contributed by atoms with Gasteiger partial charge in [0.15, 0.2) is 11.5 Å². The number of amides is 1. The summed E-state index contributed by atoms with van der Waals surface area (Å²) < 4.78 is 10.6. The summed E-state index contributed by atoms with van der Waals surface area (Å²) in [5.74, 6) is 1.91. The number of nitrogens with zero attached hydrogens (tertiary/aromatic N) is 1. The number of ether oxygens (including phenoxy) is 2. The second-order valence-corrected chi connectivity index (χ2v) is 5.06. The highest BCUT2D eigenvalue weighted by molar-refractivity contribution is 5.89. The van der Waals surface area contributed by atoms with Crippen LogP contribution in [0.4, 0.5) is 11.5 Å². The number of aromatic nitrogens is 1. The molecule has 1 aromatic carbocycles. The summed E-state index contributed by atoms with van der Waals surface area (Å²) in [4.78, 5) is 15.6. The molecule has 120 valence electrons. The molecule has 0 unspecified atom stereocenters. The van der Waals surface area contributed by atoms with Gasteiger partial charge in [-0.2, -0.15) is 0 Å². The Balaban J connectivity index is 1.55. The number of benzene rings is 1. The van der Waals surface area contributed by atoms with Crippen LogP contribution in [0.1, 0.15) is 12.0 Å². The van der Waals surface area contributed by atoms with Crippen molar-refractivity contribution >= 4 is 17.4 Å². The van der Waals surface area contributed by atoms with Crippen molar-refractivity contribution in [2.45, 2.75) is 13.0 Å². The van der Waals surface area contributed by atoms with E-state index in [-0.39, 0.29) is 19.1 Å². The average Bonchev–Trinajstić information content (AvgIpc) is 3.02. The molecular formula is C16H18N4O3. The van der Waals surface area contributed by atoms with E-state index in [4.69, 9.17) is 15.2 Å². The van der Waals surface area contributed by atoms with Crippen LogP contribution >= 0.6 is 0 Å². The summed E-state index contributed by atoms with van der Waals surface area (Å²) in [5, 5.41) is 5.95. The number of hydrogen-bond acceptors (Lipinski definition) is 6. The van der Waals surface area contributed by atoms with Crippen LogP contribution in [0, 0.1) is 0 Å². The summed E-state index contributed by atoms with van der Waals surface area (Å²) in [7, 11) is 0. The minimum absolute atomic E-state index is 0.138. The minimum Gasteiger partial charge on any atom is -0.454 e. The van der Waals surface area contributed by atoms with Crippen LogP contribution in [0.25, 0.3) is 0 Å². The van der Waals surface area contributed by atoms with Crippen molar-refractivity contribution in [1.82, 2.24) is 4.98 Å². The van der Waals surface area contributed by atoms with Crippen molar-refractivity contribution in [1.29, 1.82) is 0 Å². The fourth-order valence-electron chi connectivity index (χ4n) is 2.16. The molecule has 0 bridgehead atoms. The lowest BCUT2D eigenvalue weighted by atomic mass is 10.2. The Morgan fingerprint density at radius 1 is 1.22 bits per heavy atom. The number of fused-ring (bicyclic) bond motifs is 1. The Morgan fingerprint density at radius 3 is 2.87 bits per heavy atom. The highest BCUT2D eigenvalue weighted by atomic mass is 16.7. The summed E-state index contributed by atoms with van der Waals surface area (Å²) >= 11 is 0. The third kappa shape index (κ3) is 3.89. The molecule has 0 radical (unpaired) electrons. The molecule has 0 spiro atoms. The van der Waals surface area contributed by atoms with E-state index in [1.54, 1.807) is 12.3 Å². The molecule has 4 N–H and O–H groups in total. The van der Waals surface area contributed by atoms with E-state index >= 15 is 0 Å². The van der Waals surface area contributed by atoms with E-state index in [1.807, 2.05) is 24.3 Å². The van der Waals surface area contributed by atoms with Gasteiger partial charge in [-0.15, -0.1) is 0 Å². The quantitative estimate of drug-likeness (QED) is 0.751. The zero-order chi connectivity index (χ0) is 16.1. The topological polar surface area (TPSA) is 98.5 Å². The molecule has 3 rings (SSSR count). The number of rotatable bonds is 6. The molecule has 2 aromatic rings. The second-order valence-electron chi connectivity index (χ2n) is 5.06. The highest BCUT2D eigenvalue weighted by Gasteiger charge is 2.12. The van der Waals surface area contributed by atoms with Crippen molar-refractivity contribution in [3.8, 4) is 11.5 Å². The van der Waals surface area contributed by atoms with Crippen LogP contribution in [0.15, 0.2) is 36.5 Å². The Bertz CT molecular complexity index is 688. The standard InChI is InChI=1S/C16H18N4O3/c17-6-5-16(21)20-15-4-2-12(9-19-15)18-8-11-1-3-13-14(7-11)23-10-22-13/h1-4,7,9,18H,5-6,8,10,17H2,(H,19,20,21). The summed E-state index contributed by atoms with van der Waals surface area (Å²) in [6.07, 6.45) is 1.96. The van der Waals surface area contributed by atoms with Gasteiger partial charge in [0.2, 0.25) is 12.7 Å². The Kier molecular flexibility index (Phi) is 4.58. The van der Waals surface area contributed by atoms with Crippen LogP contribution in [-0.2, 0) is 11.3 Å². The molecule has 2 heterocycles. The van der Waals surface area contributed by atoms with E-state index in [2.05, 4.69) is 15.6 Å². The zero-order valence-electron chi connectivity index (χ0n) is 12.5. The van der Waals surface area contributed by atoms with E-state index in [1.165, 1.54) is 0 Å². The molecule has 0 aliphatic carbocycles. The molecule has 0 saturated carbocycles. The minimum atomic E-state index is -0.138. The fourth-order valence-corrected chi connectivity index (χ4v) is 2.16. The average molecular weight is 314 g/mol. The molecule has 23 heavy (non-hydrogen) atoms. The first-order valence-corrected chi connectivity index (χ1v) is 7.33. The zero-order valence-corrected chi connectivity index (χ0v) is 12.5. The summed E-state index contributed by atoms with van der Waals surface area (Å²) in [6, 6.07) is 9.43. The number of anilines is 2. The Morgan fingerprint density at radius 2 is 2.09 bits per heavy atom. The molecular weight excluding hydrogens is 296 g/mol. The van der Waals surface area contributed by atoms with Crippen LogP contribution in [0.5, 0.6) is 11.5 Å². The van der Waals surface area contributed by atoms with Gasteiger partial charge in [0.05, 0.1) is 11.9 Å². The van der Waals surface area contributed by atoms with Crippen molar-refractivity contribution in [2.24, 2.45) is 5.73 Å². The van der Waals surface area contributed by atoms with Crippen molar-refractivity contribution in [3.05, 3.63) is 42.1 Å². The molecule has 0 fully saturated rings. The maximum absolute atomic E-state index is 11.4. The van der Waals surface area contributed by atoms with Crippen molar-refractivity contribution in [2.75, 3.05) is 24.0 Å². The first-order valence-electron chi connectivity index (χ1n) is 7.33. The molecule has 0 saturated heterocycles. The number of pyridine rings is 1. The molecule has 7 heteroatoms. The van der Waals surface area contributed by atoms with Gasteiger partial charge >= 0.3 is 0 Å². The van der Waals surface area contributed by atoms with E-state index in [9.17, 15) is 4.79 Å². The van der Waals surface area contributed by atoms with Crippen LogP contribution in [-0.4, -0.2) is 24.2 Å². The van der Waals surface area contributed by atoms with Gasteiger partial charge in [-0.25, -0.2) is 4.98 Å². The Hall–Kier alpha value is -2.80. The fraction of sp³-hybridized carbons (Fsp3) is 0.250. The molecule has 7 nitrogen and oxygen atoms in total. The third-order valence-electron chi connectivity index (χ3n) is 3.34. The lowest BCUT2D eigenvalue weighted by molar-refractivity contribution is -0.116. The molecule has 0 atom stereocenters. The smallest absolute Gasteiger partial charge is 0.231 e. The molecule has 1 aliphatic rings. The predicted octanol–water partition coefficient (Wildman–Crippen LogP) is 1.71. The largest absolute Gasteiger partial charge is 0.454 e. The summed E-state index contributed by atoms with van der Waals surface area (Å²) in [6.45, 7) is 1.23. The first kappa shape index (κ1) is 15.1. The predicted molar refractivity (Wildman–Crippen MR) is 86.4 cm³/mol. The lowest BCUT2D eigenvalue weighted by Gasteiger charge is -2.08. The second kappa shape index (κ2) is 6.97. The van der Waals surface area contributed by atoms with E-state index in [0.29, 0.717) is 18.9 Å². The van der Waals surface area contributed by atoms with Gasteiger partial charge in [-0.1, -0.05) is 6.07 Å². The van der Waals surface area contributed by atoms with Crippen LogP contribution < -0.4 is 25.8 Å². The number of carbonyl (C=O) groups excluding carboxylic acids is 1. The number of hydrogen-bond donors (Lipinski definition) is 3. The third-order valence-corrected chi connectivity index (χ3v) is 3.34. The summed E-state index contributed by atoms with van der Waals surface area (Å²) in [5.41, 5.74) is 7.27. The van der Waals surface area contributed by atoms with Gasteiger partial charge in [-0.05, 0) is 29.8 Å². The molecule has 1 amide bonds. The van der Waals surface area contributed by atoms with Crippen LogP contribution in [0.3, 0.4) is 0 Å². The number of nitrogens with one attached hydrogen (secondary N) is 2. The maximum Gasteiger partial charge on any atom is 0.231 e. The van der Waals surface area contributed by atoms with Crippen LogP contribution in [0.2, 0.25) is 0 Å². The van der Waals surface area contributed by atoms with Gasteiger partial charge < -0.3 is 25.8 Å². The first-order chi connectivity index (χ1) is 11.2. The normalized spacial score (nSPS) is 12.0. The highest BCUT2D eigenvalue weighted by Crippen LogP contribution is 2.32. The lowest BCUT2D eigenvalue weighted by Crippen LogP contribution is -2.16. The number of carbonyl (C=O) groups is 1. The van der Waals surface area contributed by atoms with Crippen molar-refractivity contribution < 1.29 is 14.3 Å². The maximum atomic E-state index is 11.4. The number of nitrogens with two attached hydrogens (primary N) is 1. The SMILES string of the molecule is NCCC(=O)Nc1ccc(NCc2ccc3c(c2)OCO3)cn1. The Labute approximate surface area is 133 Å². The van der Waals surface area contributed by atoms with E-state index < -0.39 is 0 Å². The van der Waals surface area contributed by atoms with Gasteiger partial charge in [0.25, 0.3) is 0 Å². The van der Waals surface area contributed by atoms with Gasteiger partial charge in [0, 0.05) is 19.5 Å². The van der Waals surface area contributed by atoms with Gasteiger partial charge in [-0.3, -0.25) is 4.79 Å². The monoisotopic (exact) mass is 314 g/mol. The van der Waals surface area contributed by atoms with Crippen molar-refractivity contribution in [3.63, 3.8) is 0 Å². The van der Waals surface area contributed by atoms with E-state index in [0.717, 1.165) is 22.7 Å². The molecule has 1 aliphatic heterocycles. The molecule has 1 aromatic heterocycles.